The molecule has 4 unspecified atom stereocenters. The molecule has 0 saturated carbocycles. The minimum Gasteiger partial charge on any atom is -0.392 e. The lowest BCUT2D eigenvalue weighted by molar-refractivity contribution is -0.276. The Balaban J connectivity index is 1.06. The zero-order valence-corrected chi connectivity index (χ0v) is 29.2. The van der Waals surface area contributed by atoms with Gasteiger partial charge in [-0.1, -0.05) is 128 Å². The lowest BCUT2D eigenvalue weighted by Gasteiger charge is -2.44. The summed E-state index contributed by atoms with van der Waals surface area (Å²) in [4.78, 5) is 17.8. The highest BCUT2D eigenvalue weighted by Gasteiger charge is 2.39. The van der Waals surface area contributed by atoms with Gasteiger partial charge < -0.3 is 19.9 Å². The van der Waals surface area contributed by atoms with Crippen molar-refractivity contribution in [2.45, 2.75) is 45.1 Å². The molecule has 0 aromatic heterocycles. The predicted octanol–water partition coefficient (Wildman–Crippen LogP) is 7.39. The average Bonchev–Trinajstić information content (AvgIpc) is 3.19. The van der Waals surface area contributed by atoms with Gasteiger partial charge in [-0.15, -0.1) is 0 Å². The molecular formula is C44H47N3O4. The third-order valence-electron chi connectivity index (χ3n) is 10.3. The Morgan fingerprint density at radius 3 is 2.04 bits per heavy atom. The molecule has 0 aliphatic carbocycles. The van der Waals surface area contributed by atoms with E-state index in [4.69, 9.17) is 9.47 Å². The number of hydrogen-bond donors (Lipinski definition) is 2. The summed E-state index contributed by atoms with van der Waals surface area (Å²) < 4.78 is 13.6. The second-order valence-electron chi connectivity index (χ2n) is 13.7. The summed E-state index contributed by atoms with van der Waals surface area (Å²) in [6.07, 6.45) is -0.711. The van der Waals surface area contributed by atoms with Gasteiger partial charge in [-0.25, -0.2) is 0 Å². The molecular weight excluding hydrogens is 635 g/mol. The van der Waals surface area contributed by atoms with Crippen molar-refractivity contribution in [2.75, 3.05) is 32.7 Å². The first-order valence-electron chi connectivity index (χ1n) is 18.0. The predicted molar refractivity (Wildman–Crippen MR) is 201 cm³/mol. The van der Waals surface area contributed by atoms with Crippen molar-refractivity contribution in [1.82, 2.24) is 15.1 Å². The van der Waals surface area contributed by atoms with Crippen LogP contribution in [0.25, 0.3) is 11.1 Å². The Kier molecular flexibility index (Phi) is 11.3. The fourth-order valence-corrected chi connectivity index (χ4v) is 7.20. The van der Waals surface area contributed by atoms with E-state index in [9.17, 15) is 9.90 Å². The van der Waals surface area contributed by atoms with Gasteiger partial charge in [0.2, 0.25) is 0 Å². The fraction of sp³-hybridized carbons (Fsp3) is 0.295. The highest BCUT2D eigenvalue weighted by Crippen LogP contribution is 2.42. The van der Waals surface area contributed by atoms with Crippen molar-refractivity contribution < 1.29 is 19.4 Å². The van der Waals surface area contributed by atoms with Crippen LogP contribution in [0.5, 0.6) is 0 Å². The van der Waals surface area contributed by atoms with Gasteiger partial charge in [0, 0.05) is 62.9 Å². The molecule has 2 fully saturated rings. The van der Waals surface area contributed by atoms with Crippen molar-refractivity contribution in [3.05, 3.63) is 167 Å². The number of aliphatic hydroxyl groups is 1. The number of nitrogens with zero attached hydrogens (tertiary/aromatic N) is 2. The van der Waals surface area contributed by atoms with E-state index in [0.717, 1.165) is 72.6 Å². The molecule has 2 N–H and O–H groups in total. The van der Waals surface area contributed by atoms with Crippen molar-refractivity contribution in [1.29, 1.82) is 0 Å². The van der Waals surface area contributed by atoms with Crippen molar-refractivity contribution >= 4 is 5.91 Å². The molecule has 5 aromatic carbocycles. The summed E-state index contributed by atoms with van der Waals surface area (Å²) in [6, 6.07) is 44.7. The smallest absolute Gasteiger partial charge is 0.251 e. The number of rotatable bonds is 11. The summed E-state index contributed by atoms with van der Waals surface area (Å²) in [7, 11) is 0. The van der Waals surface area contributed by atoms with Crippen LogP contribution in [0.15, 0.2) is 133 Å². The van der Waals surface area contributed by atoms with E-state index in [0.29, 0.717) is 12.1 Å². The first-order chi connectivity index (χ1) is 25.0. The lowest BCUT2D eigenvalue weighted by Crippen LogP contribution is -2.51. The number of piperazine rings is 1. The van der Waals surface area contributed by atoms with E-state index >= 15 is 0 Å². The van der Waals surface area contributed by atoms with E-state index in [-0.39, 0.29) is 30.6 Å². The number of benzene rings is 5. The Morgan fingerprint density at radius 1 is 0.706 bits per heavy atom. The highest BCUT2D eigenvalue weighted by molar-refractivity contribution is 5.94. The minimum atomic E-state index is -0.525. The van der Waals surface area contributed by atoms with Crippen LogP contribution in [0.4, 0.5) is 0 Å². The van der Waals surface area contributed by atoms with Gasteiger partial charge >= 0.3 is 0 Å². The van der Waals surface area contributed by atoms with Crippen LogP contribution in [0.2, 0.25) is 0 Å². The summed E-state index contributed by atoms with van der Waals surface area (Å²) in [5.41, 5.74) is 8.13. The number of amides is 1. The number of nitrogens with one attached hydrogen (secondary N) is 1. The van der Waals surface area contributed by atoms with Crippen LogP contribution in [-0.2, 0) is 29.2 Å². The molecule has 2 heterocycles. The van der Waals surface area contributed by atoms with Gasteiger partial charge in [-0.3, -0.25) is 14.6 Å². The van der Waals surface area contributed by atoms with Crippen molar-refractivity contribution in [3.8, 4) is 11.1 Å². The van der Waals surface area contributed by atoms with Crippen LogP contribution < -0.4 is 5.32 Å². The van der Waals surface area contributed by atoms with Gasteiger partial charge in [-0.2, -0.15) is 0 Å². The topological polar surface area (TPSA) is 74.3 Å². The highest BCUT2D eigenvalue weighted by atomic mass is 16.7. The first kappa shape index (κ1) is 34.8. The molecule has 0 spiro atoms. The maximum Gasteiger partial charge on any atom is 0.251 e. The molecule has 5 aromatic rings. The van der Waals surface area contributed by atoms with Crippen LogP contribution >= 0.6 is 0 Å². The zero-order valence-electron chi connectivity index (χ0n) is 29.2. The number of carbonyl (C=O) groups is 1. The van der Waals surface area contributed by atoms with Gasteiger partial charge in [0.15, 0.2) is 6.29 Å². The third-order valence-corrected chi connectivity index (χ3v) is 10.3. The normalized spacial score (nSPS) is 21.3. The Hall–Kier alpha value is -4.63. The van der Waals surface area contributed by atoms with Gasteiger partial charge in [0.25, 0.3) is 5.91 Å². The Bertz CT molecular complexity index is 1840. The fourth-order valence-electron chi connectivity index (χ4n) is 7.20. The molecule has 0 radical (unpaired) electrons. The third kappa shape index (κ3) is 8.64. The summed E-state index contributed by atoms with van der Waals surface area (Å²) in [5, 5.41) is 12.7. The van der Waals surface area contributed by atoms with Crippen LogP contribution in [0, 0.1) is 5.92 Å². The summed E-state index contributed by atoms with van der Waals surface area (Å²) in [5.74, 6) is 0.0339. The van der Waals surface area contributed by atoms with Crippen LogP contribution in [0.3, 0.4) is 0 Å². The molecule has 7 rings (SSSR count). The zero-order chi connectivity index (χ0) is 35.0. The van der Waals surface area contributed by atoms with Crippen LogP contribution in [0.1, 0.15) is 57.5 Å². The van der Waals surface area contributed by atoms with E-state index in [1.165, 1.54) is 5.56 Å². The van der Waals surface area contributed by atoms with Crippen molar-refractivity contribution in [2.24, 2.45) is 5.92 Å². The second-order valence-corrected chi connectivity index (χ2v) is 13.7. The van der Waals surface area contributed by atoms with Gasteiger partial charge in [0.05, 0.1) is 18.8 Å². The first-order valence-corrected chi connectivity index (χ1v) is 18.0. The van der Waals surface area contributed by atoms with E-state index in [1.54, 1.807) is 0 Å². The molecule has 1 amide bonds. The molecule has 7 nitrogen and oxygen atoms in total. The number of carbonyl (C=O) groups excluding carboxylic acids is 1. The van der Waals surface area contributed by atoms with Gasteiger partial charge in [0.1, 0.15) is 0 Å². The molecule has 4 atom stereocenters. The van der Waals surface area contributed by atoms with Crippen molar-refractivity contribution in [3.63, 3.8) is 0 Å². The van der Waals surface area contributed by atoms with E-state index < -0.39 is 6.29 Å². The maximum absolute atomic E-state index is 12.7. The Morgan fingerprint density at radius 2 is 1.33 bits per heavy atom. The molecule has 2 aliphatic rings. The van der Waals surface area contributed by atoms with Crippen LogP contribution in [-0.4, -0.2) is 59.6 Å². The largest absolute Gasteiger partial charge is 0.392 e. The lowest BCUT2D eigenvalue weighted by atomic mass is 9.89. The SMILES string of the molecule is CC1C(CN2CCN(Cc3ccccc3)CC2)OC(c2ccc(-c3ccccc3CNC(=O)c3ccccc3)cc2)OC1c1ccc(CO)cc1. The molecule has 2 aliphatic heterocycles. The minimum absolute atomic E-state index is 0.0147. The summed E-state index contributed by atoms with van der Waals surface area (Å²) in [6.45, 7) is 8.55. The molecule has 7 heteroatoms. The number of ether oxygens (including phenoxy) is 2. The quantitative estimate of drug-likeness (QED) is 0.152. The standard InChI is InChI=1S/C44H47N3O4/c1-32-41(30-47-26-24-46(25-27-47)29-33-10-4-2-5-11-33)50-44(51-42(32)36-18-16-34(31-48)17-19-36)38-22-20-35(21-23-38)40-15-9-8-14-39(40)28-45-43(49)37-12-6-3-7-13-37/h2-23,32,41-42,44,48H,24-31H2,1H3,(H,45,49). The molecule has 51 heavy (non-hydrogen) atoms. The monoisotopic (exact) mass is 681 g/mol. The maximum atomic E-state index is 12.7. The molecule has 262 valence electrons. The van der Waals surface area contributed by atoms with E-state index in [2.05, 4.69) is 101 Å². The summed E-state index contributed by atoms with van der Waals surface area (Å²) >= 11 is 0. The number of hydrogen-bond acceptors (Lipinski definition) is 6. The molecule has 2 saturated heterocycles. The average molecular weight is 682 g/mol. The number of aliphatic hydroxyl groups excluding tert-OH is 1. The molecule has 0 bridgehead atoms. The van der Waals surface area contributed by atoms with Gasteiger partial charge in [-0.05, 0) is 45.5 Å². The Labute approximate surface area is 301 Å². The van der Waals surface area contributed by atoms with E-state index in [1.807, 2.05) is 54.6 Å². The second kappa shape index (κ2) is 16.6.